The average molecular weight is 436 g/mol. The predicted molar refractivity (Wildman–Crippen MR) is 123 cm³/mol. The molecule has 32 heavy (non-hydrogen) atoms. The Bertz CT molecular complexity index is 993. The van der Waals surface area contributed by atoms with Gasteiger partial charge >= 0.3 is 13.2 Å². The van der Waals surface area contributed by atoms with Crippen LogP contribution in [0.3, 0.4) is 0 Å². The molecule has 8 heteroatoms. The molecule has 0 spiro atoms. The molecule has 2 aromatic rings. The maximum atomic E-state index is 11.1. The van der Waals surface area contributed by atoms with E-state index in [1.807, 2.05) is 64.1 Å². The van der Waals surface area contributed by atoms with Crippen LogP contribution in [0, 0.1) is 0 Å². The van der Waals surface area contributed by atoms with Crippen molar-refractivity contribution in [1.82, 2.24) is 9.88 Å². The molecule has 0 radical (unpaired) electrons. The number of carboxylic acid groups (broad SMARTS) is 1. The summed E-state index contributed by atoms with van der Waals surface area (Å²) in [5.41, 5.74) is 2.32. The lowest BCUT2D eigenvalue weighted by Gasteiger charge is -2.32. The van der Waals surface area contributed by atoms with Gasteiger partial charge in [-0.1, -0.05) is 29.8 Å². The molecule has 2 fully saturated rings. The Kier molecular flexibility index (Phi) is 6.01. The summed E-state index contributed by atoms with van der Waals surface area (Å²) < 4.78 is 18.1. The number of piperidine rings is 1. The van der Waals surface area contributed by atoms with Gasteiger partial charge in [0.15, 0.2) is 0 Å². The van der Waals surface area contributed by atoms with Gasteiger partial charge in [0.05, 0.1) is 11.2 Å². The second-order valence-electron chi connectivity index (χ2n) is 9.26. The Morgan fingerprint density at radius 2 is 1.81 bits per heavy atom. The minimum Gasteiger partial charge on any atom is -0.465 e. The van der Waals surface area contributed by atoms with Crippen LogP contribution in [0.25, 0.3) is 6.08 Å². The van der Waals surface area contributed by atoms with E-state index in [1.54, 1.807) is 6.20 Å². The molecule has 0 bridgehead atoms. The molecule has 2 aliphatic heterocycles. The zero-order chi connectivity index (χ0) is 22.9. The number of carbonyl (C=O) groups is 1. The Balaban J connectivity index is 1.40. The molecular formula is C24H29BN2O5. The van der Waals surface area contributed by atoms with E-state index in [0.717, 1.165) is 23.9 Å². The molecule has 0 saturated carbocycles. The predicted octanol–water partition coefficient (Wildman–Crippen LogP) is 4.33. The maximum Gasteiger partial charge on any atom is 0.496 e. The number of likely N-dealkylation sites (tertiary alicyclic amines) is 1. The van der Waals surface area contributed by atoms with Crippen molar-refractivity contribution in [3.8, 4) is 11.6 Å². The molecule has 168 valence electrons. The van der Waals surface area contributed by atoms with Gasteiger partial charge in [-0.3, -0.25) is 0 Å². The lowest BCUT2D eigenvalue weighted by atomic mass is 9.80. The van der Waals surface area contributed by atoms with E-state index in [1.165, 1.54) is 10.5 Å². The lowest BCUT2D eigenvalue weighted by Crippen LogP contribution is -2.41. The van der Waals surface area contributed by atoms with E-state index < -0.39 is 24.4 Å². The first-order chi connectivity index (χ1) is 15.1. The number of ether oxygens (including phenoxy) is 1. The highest BCUT2D eigenvalue weighted by Crippen LogP contribution is 2.36. The van der Waals surface area contributed by atoms with Gasteiger partial charge in [-0.15, -0.1) is 0 Å². The summed E-state index contributed by atoms with van der Waals surface area (Å²) in [5.74, 6) is 1.18. The second kappa shape index (κ2) is 8.60. The fourth-order valence-corrected chi connectivity index (χ4v) is 3.72. The van der Waals surface area contributed by atoms with Crippen LogP contribution in [0.4, 0.5) is 4.79 Å². The van der Waals surface area contributed by atoms with Crippen LogP contribution in [0.1, 0.15) is 46.1 Å². The van der Waals surface area contributed by atoms with Crippen molar-refractivity contribution in [1.29, 1.82) is 0 Å². The molecule has 7 nitrogen and oxygen atoms in total. The summed E-state index contributed by atoms with van der Waals surface area (Å²) in [5, 5.41) is 9.09. The normalized spacial score (nSPS) is 19.7. The van der Waals surface area contributed by atoms with Gasteiger partial charge in [0.1, 0.15) is 5.75 Å². The van der Waals surface area contributed by atoms with Crippen LogP contribution < -0.4 is 10.2 Å². The molecule has 3 heterocycles. The summed E-state index contributed by atoms with van der Waals surface area (Å²) in [6, 6.07) is 11.5. The van der Waals surface area contributed by atoms with E-state index in [0.29, 0.717) is 24.7 Å². The molecule has 2 aliphatic rings. The molecule has 0 unspecified atom stereocenters. The summed E-state index contributed by atoms with van der Waals surface area (Å²) in [6.07, 6.45) is 4.48. The SMILES string of the molecule is CC1(C)OB(c2ccc(Oc3cccc(C=C4CCN(C(=O)O)CC4)c3)nc2)OC1(C)C. The molecule has 0 atom stereocenters. The van der Waals surface area contributed by atoms with Gasteiger partial charge in [0, 0.05) is 30.8 Å². The molecule has 1 aromatic carbocycles. The minimum atomic E-state index is -0.851. The topological polar surface area (TPSA) is 81.1 Å². The third-order valence-electron chi connectivity index (χ3n) is 6.41. The van der Waals surface area contributed by atoms with Crippen molar-refractivity contribution in [2.45, 2.75) is 51.7 Å². The molecule has 0 aliphatic carbocycles. The first-order valence-corrected chi connectivity index (χ1v) is 10.9. The summed E-state index contributed by atoms with van der Waals surface area (Å²) in [6.45, 7) is 9.17. The van der Waals surface area contributed by atoms with Crippen molar-refractivity contribution in [3.05, 3.63) is 53.7 Å². The molecule has 1 aromatic heterocycles. The number of pyridine rings is 1. The molecule has 2 saturated heterocycles. The standard InChI is InChI=1S/C24H29BN2O5/c1-23(2)24(3,4)32-25(31-23)19-8-9-21(26-16-19)30-20-7-5-6-18(15-20)14-17-10-12-27(13-11-17)22(28)29/h5-9,14-16H,10-13H2,1-4H3,(H,28,29). The molecule has 1 amide bonds. The van der Waals surface area contributed by atoms with Gasteiger partial charge < -0.3 is 24.1 Å². The number of amides is 1. The zero-order valence-corrected chi connectivity index (χ0v) is 19.0. The number of aromatic nitrogens is 1. The minimum absolute atomic E-state index is 0.397. The summed E-state index contributed by atoms with van der Waals surface area (Å²) >= 11 is 0. The molecular weight excluding hydrogens is 407 g/mol. The second-order valence-corrected chi connectivity index (χ2v) is 9.26. The van der Waals surface area contributed by atoms with Crippen LogP contribution in [-0.4, -0.2) is 52.5 Å². The Labute approximate surface area is 189 Å². The monoisotopic (exact) mass is 436 g/mol. The summed E-state index contributed by atoms with van der Waals surface area (Å²) in [4.78, 5) is 16.9. The van der Waals surface area contributed by atoms with E-state index >= 15 is 0 Å². The zero-order valence-electron chi connectivity index (χ0n) is 19.0. The number of hydrogen-bond donors (Lipinski definition) is 1. The van der Waals surface area contributed by atoms with Crippen molar-refractivity contribution >= 4 is 24.8 Å². The third-order valence-corrected chi connectivity index (χ3v) is 6.41. The van der Waals surface area contributed by atoms with Gasteiger partial charge in [-0.2, -0.15) is 0 Å². The van der Waals surface area contributed by atoms with Gasteiger partial charge in [0.2, 0.25) is 5.88 Å². The first kappa shape index (κ1) is 22.4. The fraction of sp³-hybridized carbons (Fsp3) is 0.417. The number of benzene rings is 1. The fourth-order valence-electron chi connectivity index (χ4n) is 3.72. The third kappa shape index (κ3) is 4.81. The Hall–Kier alpha value is -2.84. The highest BCUT2D eigenvalue weighted by atomic mass is 16.7. The average Bonchev–Trinajstić information content (AvgIpc) is 2.96. The molecule has 1 N–H and O–H groups in total. The maximum absolute atomic E-state index is 11.1. The van der Waals surface area contributed by atoms with Crippen LogP contribution in [0.5, 0.6) is 11.6 Å². The highest BCUT2D eigenvalue weighted by molar-refractivity contribution is 6.62. The van der Waals surface area contributed by atoms with Crippen LogP contribution in [-0.2, 0) is 9.31 Å². The first-order valence-electron chi connectivity index (χ1n) is 10.9. The van der Waals surface area contributed by atoms with Crippen molar-refractivity contribution in [2.24, 2.45) is 0 Å². The van der Waals surface area contributed by atoms with Crippen molar-refractivity contribution < 1.29 is 23.9 Å². The number of hydrogen-bond acceptors (Lipinski definition) is 5. The molecule has 4 rings (SSSR count). The van der Waals surface area contributed by atoms with E-state index in [9.17, 15) is 4.79 Å². The van der Waals surface area contributed by atoms with Crippen LogP contribution in [0.15, 0.2) is 48.2 Å². The quantitative estimate of drug-likeness (QED) is 0.719. The number of rotatable bonds is 4. The van der Waals surface area contributed by atoms with Gasteiger partial charge in [-0.25, -0.2) is 9.78 Å². The highest BCUT2D eigenvalue weighted by Gasteiger charge is 2.51. The van der Waals surface area contributed by atoms with E-state index in [4.69, 9.17) is 19.2 Å². The van der Waals surface area contributed by atoms with Gasteiger partial charge in [-0.05, 0) is 58.2 Å². The van der Waals surface area contributed by atoms with Crippen molar-refractivity contribution in [2.75, 3.05) is 13.1 Å². The van der Waals surface area contributed by atoms with E-state index in [-0.39, 0.29) is 0 Å². The van der Waals surface area contributed by atoms with Crippen molar-refractivity contribution in [3.63, 3.8) is 0 Å². The Morgan fingerprint density at radius 1 is 1.12 bits per heavy atom. The van der Waals surface area contributed by atoms with Crippen LogP contribution in [0.2, 0.25) is 0 Å². The lowest BCUT2D eigenvalue weighted by molar-refractivity contribution is 0.00578. The van der Waals surface area contributed by atoms with E-state index in [2.05, 4.69) is 11.1 Å². The van der Waals surface area contributed by atoms with Crippen LogP contribution >= 0.6 is 0 Å². The number of nitrogens with zero attached hydrogens (tertiary/aromatic N) is 2. The smallest absolute Gasteiger partial charge is 0.465 e. The largest absolute Gasteiger partial charge is 0.496 e. The Morgan fingerprint density at radius 3 is 2.41 bits per heavy atom. The summed E-state index contributed by atoms with van der Waals surface area (Å²) in [7, 11) is -0.455. The van der Waals surface area contributed by atoms with Gasteiger partial charge in [0.25, 0.3) is 0 Å².